The molecule has 2 unspecified atom stereocenters. The van der Waals surface area contributed by atoms with Crippen LogP contribution < -0.4 is 5.32 Å². The van der Waals surface area contributed by atoms with Gasteiger partial charge in [-0.05, 0) is 19.3 Å². The fourth-order valence-corrected chi connectivity index (χ4v) is 1.92. The number of rotatable bonds is 6. The summed E-state index contributed by atoms with van der Waals surface area (Å²) in [6.45, 7) is 5.23. The first-order valence-corrected chi connectivity index (χ1v) is 5.81. The zero-order valence-electron chi connectivity index (χ0n) is 10.2. The third kappa shape index (κ3) is 3.61. The van der Waals surface area contributed by atoms with Gasteiger partial charge in [-0.1, -0.05) is 6.08 Å². The van der Waals surface area contributed by atoms with Crippen LogP contribution in [0.3, 0.4) is 0 Å². The van der Waals surface area contributed by atoms with Crippen LogP contribution in [0.4, 0.5) is 0 Å². The molecule has 1 saturated heterocycles. The maximum absolute atomic E-state index is 12.0. The van der Waals surface area contributed by atoms with Crippen molar-refractivity contribution in [2.75, 3.05) is 27.2 Å². The van der Waals surface area contributed by atoms with E-state index in [1.807, 2.05) is 13.1 Å². The van der Waals surface area contributed by atoms with Crippen molar-refractivity contribution >= 4 is 5.91 Å². The first-order chi connectivity index (χ1) is 7.69. The Morgan fingerprint density at radius 2 is 2.44 bits per heavy atom. The minimum absolute atomic E-state index is 0.0707. The lowest BCUT2D eigenvalue weighted by Crippen LogP contribution is -2.41. The molecule has 0 saturated carbocycles. The van der Waals surface area contributed by atoms with Gasteiger partial charge in [0.15, 0.2) is 0 Å². The van der Waals surface area contributed by atoms with Crippen LogP contribution >= 0.6 is 0 Å². The van der Waals surface area contributed by atoms with Crippen molar-refractivity contribution in [2.24, 2.45) is 0 Å². The molecule has 16 heavy (non-hydrogen) atoms. The smallest absolute Gasteiger partial charge is 0.239 e. The van der Waals surface area contributed by atoms with E-state index >= 15 is 0 Å². The lowest BCUT2D eigenvalue weighted by atomic mass is 10.1. The van der Waals surface area contributed by atoms with Crippen molar-refractivity contribution in [3.05, 3.63) is 12.7 Å². The first-order valence-electron chi connectivity index (χ1n) is 5.81. The van der Waals surface area contributed by atoms with E-state index in [1.54, 1.807) is 12.0 Å². The number of carbonyl (C=O) groups is 1. The number of unbranched alkanes of at least 4 members (excludes halogenated alkanes) is 1. The Labute approximate surface area is 97.6 Å². The molecular formula is C12H22N2O2. The number of allylic oxidation sites excluding steroid dienone is 1. The summed E-state index contributed by atoms with van der Waals surface area (Å²) < 4.78 is 5.22. The van der Waals surface area contributed by atoms with Gasteiger partial charge >= 0.3 is 0 Å². The highest BCUT2D eigenvalue weighted by molar-refractivity contribution is 5.82. The average Bonchev–Trinajstić information content (AvgIpc) is 2.76. The van der Waals surface area contributed by atoms with Crippen LogP contribution in [0.1, 0.15) is 19.3 Å². The van der Waals surface area contributed by atoms with Crippen molar-refractivity contribution in [3.63, 3.8) is 0 Å². The summed E-state index contributed by atoms with van der Waals surface area (Å²) in [4.78, 5) is 13.8. The summed E-state index contributed by atoms with van der Waals surface area (Å²) in [5.74, 6) is 0.170. The van der Waals surface area contributed by atoms with Crippen molar-refractivity contribution in [3.8, 4) is 0 Å². The predicted octanol–water partition coefficient (Wildman–Crippen LogP) is 0.788. The molecule has 4 nitrogen and oxygen atoms in total. The topological polar surface area (TPSA) is 41.6 Å². The molecule has 0 aromatic carbocycles. The molecule has 0 spiro atoms. The van der Waals surface area contributed by atoms with Crippen LogP contribution in [0.5, 0.6) is 0 Å². The molecule has 1 N–H and O–H groups in total. The molecule has 92 valence electrons. The fourth-order valence-electron chi connectivity index (χ4n) is 1.92. The maximum atomic E-state index is 12.0. The second-order valence-corrected chi connectivity index (χ2v) is 4.24. The zero-order chi connectivity index (χ0) is 12.0. The van der Waals surface area contributed by atoms with Crippen LogP contribution in [0.25, 0.3) is 0 Å². The normalized spacial score (nSPS) is 24.4. The maximum Gasteiger partial charge on any atom is 0.239 e. The lowest BCUT2D eigenvalue weighted by Gasteiger charge is -2.20. The van der Waals surface area contributed by atoms with E-state index in [0.717, 1.165) is 32.4 Å². The summed E-state index contributed by atoms with van der Waals surface area (Å²) in [7, 11) is 3.54. The van der Waals surface area contributed by atoms with Gasteiger partial charge in [-0.2, -0.15) is 0 Å². The molecule has 0 aromatic heterocycles. The van der Waals surface area contributed by atoms with Gasteiger partial charge in [0.1, 0.15) is 0 Å². The molecule has 0 radical (unpaired) electrons. The van der Waals surface area contributed by atoms with Crippen LogP contribution in [0.15, 0.2) is 12.7 Å². The highest BCUT2D eigenvalue weighted by Gasteiger charge is 2.30. The molecule has 1 aliphatic rings. The van der Waals surface area contributed by atoms with Crippen LogP contribution in [0.2, 0.25) is 0 Å². The van der Waals surface area contributed by atoms with Gasteiger partial charge in [-0.15, -0.1) is 6.58 Å². The second kappa shape index (κ2) is 6.66. The molecule has 1 heterocycles. The summed E-state index contributed by atoms with van der Waals surface area (Å²) in [6, 6.07) is -0.0707. The Morgan fingerprint density at radius 1 is 1.69 bits per heavy atom. The van der Waals surface area contributed by atoms with Gasteiger partial charge in [0, 0.05) is 27.2 Å². The van der Waals surface area contributed by atoms with Gasteiger partial charge in [-0.3, -0.25) is 4.79 Å². The van der Waals surface area contributed by atoms with Gasteiger partial charge in [-0.25, -0.2) is 0 Å². The van der Waals surface area contributed by atoms with Crippen molar-refractivity contribution < 1.29 is 9.53 Å². The Morgan fingerprint density at radius 3 is 3.00 bits per heavy atom. The average molecular weight is 226 g/mol. The Balaban J connectivity index is 2.30. The van der Waals surface area contributed by atoms with Crippen molar-refractivity contribution in [1.82, 2.24) is 10.2 Å². The van der Waals surface area contributed by atoms with E-state index in [-0.39, 0.29) is 18.1 Å². The Hall–Kier alpha value is -0.870. The minimum Gasteiger partial charge on any atom is -0.380 e. The molecular weight excluding hydrogens is 204 g/mol. The number of nitrogens with zero attached hydrogens (tertiary/aromatic N) is 1. The van der Waals surface area contributed by atoms with Crippen LogP contribution in [-0.4, -0.2) is 50.2 Å². The second-order valence-electron chi connectivity index (χ2n) is 4.24. The molecule has 1 aliphatic heterocycles. The molecule has 4 heteroatoms. The lowest BCUT2D eigenvalue weighted by molar-refractivity contribution is -0.132. The van der Waals surface area contributed by atoms with Crippen molar-refractivity contribution in [1.29, 1.82) is 0 Å². The van der Waals surface area contributed by atoms with E-state index in [1.165, 1.54) is 0 Å². The Kier molecular flexibility index (Phi) is 5.49. The summed E-state index contributed by atoms with van der Waals surface area (Å²) >= 11 is 0. The highest BCUT2D eigenvalue weighted by atomic mass is 16.5. The highest BCUT2D eigenvalue weighted by Crippen LogP contribution is 2.11. The summed E-state index contributed by atoms with van der Waals surface area (Å²) in [5.41, 5.74) is 0. The zero-order valence-corrected chi connectivity index (χ0v) is 10.2. The number of carbonyl (C=O) groups excluding carboxylic acids is 1. The SMILES string of the molecule is C=CCCCN(C)C(=O)C1CC(OC)CN1. The van der Waals surface area contributed by atoms with E-state index in [4.69, 9.17) is 4.74 Å². The monoisotopic (exact) mass is 226 g/mol. The molecule has 1 amide bonds. The molecule has 1 rings (SSSR count). The van der Waals surface area contributed by atoms with E-state index < -0.39 is 0 Å². The number of hydrogen-bond donors (Lipinski definition) is 1. The first kappa shape index (κ1) is 13.2. The van der Waals surface area contributed by atoms with E-state index in [2.05, 4.69) is 11.9 Å². The molecule has 2 atom stereocenters. The number of ether oxygens (including phenoxy) is 1. The molecule has 0 aliphatic carbocycles. The van der Waals surface area contributed by atoms with Crippen molar-refractivity contribution in [2.45, 2.75) is 31.4 Å². The van der Waals surface area contributed by atoms with Gasteiger partial charge in [0.2, 0.25) is 5.91 Å². The minimum atomic E-state index is -0.0707. The van der Waals surface area contributed by atoms with Gasteiger partial charge < -0.3 is 15.0 Å². The van der Waals surface area contributed by atoms with Crippen LogP contribution in [0, 0.1) is 0 Å². The third-order valence-electron chi connectivity index (χ3n) is 3.00. The van der Waals surface area contributed by atoms with E-state index in [9.17, 15) is 4.79 Å². The number of nitrogens with one attached hydrogen (secondary N) is 1. The number of methoxy groups -OCH3 is 1. The van der Waals surface area contributed by atoms with Gasteiger partial charge in [0.05, 0.1) is 12.1 Å². The quantitative estimate of drug-likeness (QED) is 0.538. The number of amides is 1. The Bertz CT molecular complexity index is 243. The van der Waals surface area contributed by atoms with Crippen LogP contribution in [-0.2, 0) is 9.53 Å². The van der Waals surface area contributed by atoms with E-state index in [0.29, 0.717) is 0 Å². The molecule has 1 fully saturated rings. The molecule has 0 bridgehead atoms. The van der Waals surface area contributed by atoms with Gasteiger partial charge in [0.25, 0.3) is 0 Å². The summed E-state index contributed by atoms with van der Waals surface area (Å²) in [5, 5.41) is 3.19. The largest absolute Gasteiger partial charge is 0.380 e. The number of hydrogen-bond acceptors (Lipinski definition) is 3. The standard InChI is InChI=1S/C12H22N2O2/c1-4-5-6-7-14(2)12(15)11-8-10(16-3)9-13-11/h4,10-11,13H,1,5-9H2,2-3H3. The summed E-state index contributed by atoms with van der Waals surface area (Å²) in [6.07, 6.45) is 4.77. The predicted molar refractivity (Wildman–Crippen MR) is 64.3 cm³/mol. The fraction of sp³-hybridized carbons (Fsp3) is 0.750. The third-order valence-corrected chi connectivity index (χ3v) is 3.00. The number of likely N-dealkylation sites (N-methyl/N-ethyl adjacent to an activating group) is 1. The molecule has 0 aromatic rings.